The zero-order chi connectivity index (χ0) is 21.1. The first-order chi connectivity index (χ1) is 14.6. The van der Waals surface area contributed by atoms with Gasteiger partial charge in [-0.15, -0.1) is 16.4 Å². The zero-order valence-corrected chi connectivity index (χ0v) is 16.9. The quantitative estimate of drug-likeness (QED) is 0.468. The largest absolute Gasteiger partial charge is 0.497 e. The second-order valence-electron chi connectivity index (χ2n) is 6.19. The van der Waals surface area contributed by atoms with Gasteiger partial charge >= 0.3 is 0 Å². The van der Waals surface area contributed by atoms with Crippen LogP contribution in [0.5, 0.6) is 11.5 Å². The highest BCUT2D eigenvalue weighted by molar-refractivity contribution is 7.15. The third-order valence-electron chi connectivity index (χ3n) is 4.31. The van der Waals surface area contributed by atoms with Gasteiger partial charge in [0.15, 0.2) is 0 Å². The third kappa shape index (κ3) is 4.01. The minimum atomic E-state index is -0.388. The molecule has 0 atom stereocenters. The Morgan fingerprint density at radius 1 is 1.17 bits per heavy atom. The van der Waals surface area contributed by atoms with Gasteiger partial charge in [0.05, 0.1) is 19.9 Å². The molecule has 0 unspecified atom stereocenters. The molecule has 152 valence electrons. The Kier molecular flexibility index (Phi) is 5.44. The summed E-state index contributed by atoms with van der Waals surface area (Å²) < 4.78 is 25.3. The van der Waals surface area contributed by atoms with Crippen molar-refractivity contribution >= 4 is 34.2 Å². The first-order valence-corrected chi connectivity index (χ1v) is 9.76. The molecular formula is C21H17FN4O3S. The van der Waals surface area contributed by atoms with E-state index in [-0.39, 0.29) is 17.7 Å². The number of thiazole rings is 1. The molecule has 0 fully saturated rings. The lowest BCUT2D eigenvalue weighted by Gasteiger charge is -2.07. The van der Waals surface area contributed by atoms with Gasteiger partial charge in [0.2, 0.25) is 4.96 Å². The number of rotatable bonds is 6. The topological polar surface area (TPSA) is 77.8 Å². The lowest BCUT2D eigenvalue weighted by Crippen LogP contribution is -2.09. The number of hydrogen-bond donors (Lipinski definition) is 1. The molecule has 7 nitrogen and oxygen atoms in total. The van der Waals surface area contributed by atoms with Gasteiger partial charge < -0.3 is 9.47 Å². The van der Waals surface area contributed by atoms with Crippen LogP contribution in [-0.4, -0.2) is 34.7 Å². The normalized spacial score (nSPS) is 11.2. The number of amides is 1. The summed E-state index contributed by atoms with van der Waals surface area (Å²) in [5, 5.41) is 8.86. The first-order valence-electron chi connectivity index (χ1n) is 8.88. The highest BCUT2D eigenvalue weighted by Gasteiger charge is 2.13. The highest BCUT2D eigenvalue weighted by atomic mass is 32.1. The summed E-state index contributed by atoms with van der Waals surface area (Å²) in [5.74, 6) is 0.750. The fraction of sp³-hybridized carbons (Fsp3) is 0.0952. The van der Waals surface area contributed by atoms with Gasteiger partial charge in [0, 0.05) is 22.6 Å². The number of carbonyl (C=O) groups excluding carboxylic acids is 1. The van der Waals surface area contributed by atoms with Crippen molar-refractivity contribution in [2.75, 3.05) is 19.5 Å². The molecule has 2 aromatic carbocycles. The standard InChI is InChI=1S/C21H17FN4O3S/c1-28-16-8-9-18(29-2)14(11-16)5-10-19(27)23-20-24-21-26(25-20)17(12-30-21)13-3-6-15(22)7-4-13/h3-12H,1-2H3,(H,23,25,27)/b10-5+. The van der Waals surface area contributed by atoms with Crippen LogP contribution in [0, 0.1) is 5.82 Å². The molecule has 0 spiro atoms. The fourth-order valence-electron chi connectivity index (χ4n) is 2.84. The molecule has 0 aliphatic carbocycles. The second kappa shape index (κ2) is 8.34. The summed E-state index contributed by atoms with van der Waals surface area (Å²) in [5.41, 5.74) is 2.26. The molecule has 1 amide bonds. The number of fused-ring (bicyclic) bond motifs is 1. The van der Waals surface area contributed by atoms with Crippen molar-refractivity contribution in [1.82, 2.24) is 14.6 Å². The van der Waals surface area contributed by atoms with Crippen LogP contribution in [0.1, 0.15) is 5.56 Å². The molecule has 4 aromatic rings. The van der Waals surface area contributed by atoms with E-state index in [2.05, 4.69) is 15.4 Å². The van der Waals surface area contributed by atoms with Crippen LogP contribution in [0.4, 0.5) is 10.3 Å². The number of hydrogen-bond acceptors (Lipinski definition) is 6. The molecule has 2 aromatic heterocycles. The van der Waals surface area contributed by atoms with Crippen molar-refractivity contribution in [3.63, 3.8) is 0 Å². The van der Waals surface area contributed by atoms with Crippen molar-refractivity contribution in [3.05, 3.63) is 65.3 Å². The lowest BCUT2D eigenvalue weighted by atomic mass is 10.1. The van der Waals surface area contributed by atoms with E-state index < -0.39 is 0 Å². The van der Waals surface area contributed by atoms with E-state index in [1.807, 2.05) is 5.38 Å². The maximum absolute atomic E-state index is 13.2. The molecule has 0 aliphatic rings. The summed E-state index contributed by atoms with van der Waals surface area (Å²) in [4.78, 5) is 17.3. The average molecular weight is 424 g/mol. The summed E-state index contributed by atoms with van der Waals surface area (Å²) in [6, 6.07) is 11.4. The van der Waals surface area contributed by atoms with E-state index in [9.17, 15) is 9.18 Å². The van der Waals surface area contributed by atoms with E-state index in [4.69, 9.17) is 9.47 Å². The van der Waals surface area contributed by atoms with Crippen LogP contribution in [-0.2, 0) is 4.79 Å². The van der Waals surface area contributed by atoms with E-state index in [1.54, 1.807) is 55.1 Å². The molecule has 0 bridgehead atoms. The highest BCUT2D eigenvalue weighted by Crippen LogP contribution is 2.27. The summed E-state index contributed by atoms with van der Waals surface area (Å²) in [6.07, 6.45) is 2.99. The van der Waals surface area contributed by atoms with E-state index >= 15 is 0 Å². The van der Waals surface area contributed by atoms with E-state index in [1.165, 1.54) is 29.5 Å². The number of anilines is 1. The molecule has 30 heavy (non-hydrogen) atoms. The van der Waals surface area contributed by atoms with E-state index in [0.717, 1.165) is 11.3 Å². The number of ether oxygens (including phenoxy) is 2. The number of methoxy groups -OCH3 is 2. The Morgan fingerprint density at radius 2 is 1.97 bits per heavy atom. The van der Waals surface area contributed by atoms with Crippen molar-refractivity contribution in [2.45, 2.75) is 0 Å². The number of halogens is 1. The third-order valence-corrected chi connectivity index (χ3v) is 5.12. The van der Waals surface area contributed by atoms with Gasteiger partial charge in [0.1, 0.15) is 17.3 Å². The van der Waals surface area contributed by atoms with Crippen LogP contribution >= 0.6 is 11.3 Å². The van der Waals surface area contributed by atoms with Gasteiger partial charge in [-0.05, 0) is 48.5 Å². The summed E-state index contributed by atoms with van der Waals surface area (Å²) in [6.45, 7) is 0. The van der Waals surface area contributed by atoms with Crippen molar-refractivity contribution in [3.8, 4) is 22.8 Å². The van der Waals surface area contributed by atoms with Gasteiger partial charge in [-0.25, -0.2) is 8.91 Å². The Balaban J connectivity index is 1.53. The van der Waals surface area contributed by atoms with E-state index in [0.29, 0.717) is 22.0 Å². The molecule has 0 saturated heterocycles. The number of aromatic nitrogens is 3. The summed E-state index contributed by atoms with van der Waals surface area (Å²) in [7, 11) is 3.12. The van der Waals surface area contributed by atoms with Crippen LogP contribution < -0.4 is 14.8 Å². The minimum Gasteiger partial charge on any atom is -0.497 e. The number of benzene rings is 2. The SMILES string of the molecule is COc1ccc(OC)c(/C=C/C(=O)Nc2nc3scc(-c4ccc(F)cc4)n3n2)c1. The summed E-state index contributed by atoms with van der Waals surface area (Å²) >= 11 is 1.38. The van der Waals surface area contributed by atoms with Gasteiger partial charge in [0.25, 0.3) is 11.9 Å². The molecule has 1 N–H and O–H groups in total. The molecule has 2 heterocycles. The Hall–Kier alpha value is -3.72. The lowest BCUT2D eigenvalue weighted by molar-refractivity contribution is -0.111. The smallest absolute Gasteiger partial charge is 0.250 e. The number of nitrogens with zero attached hydrogens (tertiary/aromatic N) is 3. The first kappa shape index (κ1) is 19.6. The Labute approximate surface area is 175 Å². The van der Waals surface area contributed by atoms with Crippen molar-refractivity contribution < 1.29 is 18.7 Å². The maximum atomic E-state index is 13.2. The predicted molar refractivity (Wildman–Crippen MR) is 113 cm³/mol. The van der Waals surface area contributed by atoms with Crippen LogP contribution in [0.15, 0.2) is 53.9 Å². The van der Waals surface area contributed by atoms with Crippen molar-refractivity contribution in [2.24, 2.45) is 0 Å². The minimum absolute atomic E-state index is 0.178. The Bertz CT molecular complexity index is 1230. The number of nitrogens with one attached hydrogen (secondary N) is 1. The molecule has 9 heteroatoms. The molecule has 0 saturated carbocycles. The van der Waals surface area contributed by atoms with Crippen LogP contribution in [0.2, 0.25) is 0 Å². The van der Waals surface area contributed by atoms with Crippen LogP contribution in [0.3, 0.4) is 0 Å². The van der Waals surface area contributed by atoms with Gasteiger partial charge in [-0.1, -0.05) is 0 Å². The maximum Gasteiger partial charge on any atom is 0.250 e. The molecule has 0 aliphatic heterocycles. The van der Waals surface area contributed by atoms with Gasteiger partial charge in [-0.2, -0.15) is 4.98 Å². The molecular weight excluding hydrogens is 407 g/mol. The fourth-order valence-corrected chi connectivity index (χ4v) is 3.67. The monoisotopic (exact) mass is 424 g/mol. The zero-order valence-electron chi connectivity index (χ0n) is 16.1. The predicted octanol–water partition coefficient (Wildman–Crippen LogP) is 4.27. The second-order valence-corrected chi connectivity index (χ2v) is 7.02. The number of carbonyl (C=O) groups is 1. The van der Waals surface area contributed by atoms with Crippen molar-refractivity contribution in [1.29, 1.82) is 0 Å². The average Bonchev–Trinajstić information content (AvgIpc) is 3.33. The Morgan fingerprint density at radius 3 is 2.70 bits per heavy atom. The van der Waals surface area contributed by atoms with Gasteiger partial charge in [-0.3, -0.25) is 10.1 Å². The molecule has 4 rings (SSSR count). The van der Waals surface area contributed by atoms with Crippen LogP contribution in [0.25, 0.3) is 22.3 Å². The molecule has 0 radical (unpaired) electrons.